The molecule has 1 aromatic carbocycles. The van der Waals surface area contributed by atoms with Crippen LogP contribution in [0.1, 0.15) is 18.4 Å². The summed E-state index contributed by atoms with van der Waals surface area (Å²) >= 11 is 0. The van der Waals surface area contributed by atoms with Gasteiger partial charge in [-0.25, -0.2) is 13.6 Å². The van der Waals surface area contributed by atoms with Crippen LogP contribution in [-0.2, 0) is 10.0 Å². The van der Waals surface area contributed by atoms with E-state index in [0.29, 0.717) is 12.4 Å². The van der Waals surface area contributed by atoms with E-state index in [1.54, 1.807) is 13.0 Å². The minimum atomic E-state index is -3.64. The molecule has 0 atom stereocenters. The summed E-state index contributed by atoms with van der Waals surface area (Å²) in [5, 5.41) is 5.04. The normalized spacial score (nSPS) is 11.2. The second kappa shape index (κ2) is 5.84. The van der Waals surface area contributed by atoms with Crippen molar-refractivity contribution in [3.63, 3.8) is 0 Å². The Morgan fingerprint density at radius 2 is 2.18 bits per heavy atom. The topological polar surface area (TPSA) is 69.4 Å². The van der Waals surface area contributed by atoms with Gasteiger partial charge in [0.05, 0.1) is 11.5 Å². The van der Waals surface area contributed by atoms with E-state index in [0.717, 1.165) is 18.4 Å². The molecule has 4 nitrogen and oxygen atoms in total. The number of allylic oxidation sites excluding steroid dienone is 1. The van der Waals surface area contributed by atoms with Crippen LogP contribution >= 0.6 is 0 Å². The maximum Gasteiger partial charge on any atom is 0.238 e. The lowest BCUT2D eigenvalue weighted by molar-refractivity contribution is 0.310. The highest BCUT2D eigenvalue weighted by Gasteiger charge is 2.09. The monoisotopic (exact) mass is 255 g/mol. The third-order valence-electron chi connectivity index (χ3n) is 2.29. The van der Waals surface area contributed by atoms with Gasteiger partial charge in [0.25, 0.3) is 0 Å². The summed E-state index contributed by atoms with van der Waals surface area (Å²) < 4.78 is 27.8. The van der Waals surface area contributed by atoms with E-state index in [4.69, 9.17) is 9.88 Å². The Kier molecular flexibility index (Phi) is 4.72. The summed E-state index contributed by atoms with van der Waals surface area (Å²) in [7, 11) is -3.64. The van der Waals surface area contributed by atoms with E-state index in [2.05, 4.69) is 6.58 Å². The van der Waals surface area contributed by atoms with Crippen molar-refractivity contribution in [2.45, 2.75) is 24.7 Å². The molecule has 1 aromatic rings. The Morgan fingerprint density at radius 3 is 2.71 bits per heavy atom. The van der Waals surface area contributed by atoms with Crippen molar-refractivity contribution in [1.29, 1.82) is 0 Å². The Balaban J connectivity index is 2.73. The number of aryl methyl sites for hydroxylation is 1. The number of sulfonamides is 1. The van der Waals surface area contributed by atoms with Gasteiger partial charge in [0.15, 0.2) is 0 Å². The van der Waals surface area contributed by atoms with E-state index in [-0.39, 0.29) is 4.90 Å². The Bertz CT molecular complexity index is 494. The number of unbranched alkanes of at least 4 members (excludes halogenated alkanes) is 1. The maximum atomic E-state index is 11.1. The van der Waals surface area contributed by atoms with Crippen LogP contribution in [0.25, 0.3) is 0 Å². The minimum absolute atomic E-state index is 0.105. The van der Waals surface area contributed by atoms with E-state index >= 15 is 0 Å². The third-order valence-corrected chi connectivity index (χ3v) is 3.20. The predicted octanol–water partition coefficient (Wildman–Crippen LogP) is 1.99. The second-order valence-corrected chi connectivity index (χ2v) is 5.31. The number of hydrogen-bond donors (Lipinski definition) is 1. The molecule has 0 aliphatic heterocycles. The molecular weight excluding hydrogens is 238 g/mol. The number of ether oxygens (including phenoxy) is 1. The molecule has 5 heteroatoms. The van der Waals surface area contributed by atoms with Crippen molar-refractivity contribution in [1.82, 2.24) is 0 Å². The van der Waals surface area contributed by atoms with Crippen LogP contribution in [0.15, 0.2) is 35.7 Å². The van der Waals surface area contributed by atoms with E-state index < -0.39 is 10.0 Å². The van der Waals surface area contributed by atoms with Gasteiger partial charge in [-0.1, -0.05) is 6.08 Å². The smallest absolute Gasteiger partial charge is 0.238 e. The first-order chi connectivity index (χ1) is 7.95. The van der Waals surface area contributed by atoms with Crippen molar-refractivity contribution < 1.29 is 13.2 Å². The summed E-state index contributed by atoms with van der Waals surface area (Å²) in [6, 6.07) is 4.59. The fraction of sp³-hybridized carbons (Fsp3) is 0.333. The van der Waals surface area contributed by atoms with Crippen LogP contribution in [0.4, 0.5) is 0 Å². The van der Waals surface area contributed by atoms with Crippen LogP contribution in [0, 0.1) is 6.92 Å². The molecule has 0 aliphatic carbocycles. The van der Waals surface area contributed by atoms with Gasteiger partial charge in [0, 0.05) is 0 Å². The molecular formula is C12H17NO3S. The van der Waals surface area contributed by atoms with Crippen molar-refractivity contribution in [3.8, 4) is 5.75 Å². The summed E-state index contributed by atoms with van der Waals surface area (Å²) in [4.78, 5) is 0.105. The van der Waals surface area contributed by atoms with Crippen molar-refractivity contribution in [2.75, 3.05) is 6.61 Å². The summed E-state index contributed by atoms with van der Waals surface area (Å²) in [6.45, 7) is 6.00. The average molecular weight is 255 g/mol. The number of primary sulfonamides is 1. The zero-order chi connectivity index (χ0) is 12.9. The summed E-state index contributed by atoms with van der Waals surface area (Å²) in [5.74, 6) is 0.682. The van der Waals surface area contributed by atoms with Crippen molar-refractivity contribution >= 4 is 10.0 Å². The number of benzene rings is 1. The summed E-state index contributed by atoms with van der Waals surface area (Å²) in [6.07, 6.45) is 3.62. The first-order valence-corrected chi connectivity index (χ1v) is 6.87. The van der Waals surface area contributed by atoms with Gasteiger partial charge in [-0.15, -0.1) is 6.58 Å². The second-order valence-electron chi connectivity index (χ2n) is 3.75. The fourth-order valence-corrected chi connectivity index (χ4v) is 1.97. The zero-order valence-electron chi connectivity index (χ0n) is 9.85. The molecule has 1 rings (SSSR count). The molecule has 0 spiro atoms. The molecule has 17 heavy (non-hydrogen) atoms. The first kappa shape index (κ1) is 13.7. The van der Waals surface area contributed by atoms with Crippen LogP contribution in [0.2, 0.25) is 0 Å². The van der Waals surface area contributed by atoms with Gasteiger partial charge < -0.3 is 4.74 Å². The average Bonchev–Trinajstić information content (AvgIpc) is 2.24. The van der Waals surface area contributed by atoms with E-state index in [9.17, 15) is 8.42 Å². The Hall–Kier alpha value is -1.33. The van der Waals surface area contributed by atoms with Crippen molar-refractivity contribution in [3.05, 3.63) is 36.4 Å². The van der Waals surface area contributed by atoms with E-state index in [1.165, 1.54) is 12.1 Å². The van der Waals surface area contributed by atoms with Gasteiger partial charge in [0.2, 0.25) is 10.0 Å². The Labute approximate surface area is 102 Å². The van der Waals surface area contributed by atoms with Crippen LogP contribution < -0.4 is 9.88 Å². The SMILES string of the molecule is C=CCCCOc1ccc(S(N)(=O)=O)cc1C. The van der Waals surface area contributed by atoms with Crippen LogP contribution in [0.5, 0.6) is 5.75 Å². The minimum Gasteiger partial charge on any atom is -0.493 e. The molecule has 0 bridgehead atoms. The highest BCUT2D eigenvalue weighted by molar-refractivity contribution is 7.89. The molecule has 94 valence electrons. The van der Waals surface area contributed by atoms with Gasteiger partial charge >= 0.3 is 0 Å². The first-order valence-electron chi connectivity index (χ1n) is 5.32. The lowest BCUT2D eigenvalue weighted by Gasteiger charge is -2.09. The molecule has 0 aliphatic rings. The van der Waals surface area contributed by atoms with Crippen LogP contribution in [-0.4, -0.2) is 15.0 Å². The molecule has 0 heterocycles. The number of hydrogen-bond acceptors (Lipinski definition) is 3. The van der Waals surface area contributed by atoms with Crippen molar-refractivity contribution in [2.24, 2.45) is 5.14 Å². The Morgan fingerprint density at radius 1 is 1.47 bits per heavy atom. The molecule has 0 saturated heterocycles. The third kappa shape index (κ3) is 4.20. The molecule has 0 radical (unpaired) electrons. The lowest BCUT2D eigenvalue weighted by Crippen LogP contribution is -2.12. The number of nitrogens with two attached hydrogens (primary N) is 1. The summed E-state index contributed by atoms with van der Waals surface area (Å²) in [5.41, 5.74) is 0.759. The molecule has 2 N–H and O–H groups in total. The zero-order valence-corrected chi connectivity index (χ0v) is 10.7. The van der Waals surface area contributed by atoms with Gasteiger partial charge in [-0.3, -0.25) is 0 Å². The molecule has 0 saturated carbocycles. The molecule has 0 amide bonds. The number of rotatable bonds is 6. The van der Waals surface area contributed by atoms with Crippen LogP contribution in [0.3, 0.4) is 0 Å². The molecule has 0 aromatic heterocycles. The molecule has 0 unspecified atom stereocenters. The molecule has 0 fully saturated rings. The fourth-order valence-electron chi connectivity index (χ4n) is 1.37. The van der Waals surface area contributed by atoms with Gasteiger partial charge in [-0.2, -0.15) is 0 Å². The highest BCUT2D eigenvalue weighted by Crippen LogP contribution is 2.21. The highest BCUT2D eigenvalue weighted by atomic mass is 32.2. The lowest BCUT2D eigenvalue weighted by atomic mass is 10.2. The van der Waals surface area contributed by atoms with Gasteiger partial charge in [-0.05, 0) is 43.5 Å². The standard InChI is InChI=1S/C12H17NO3S/c1-3-4-5-8-16-12-7-6-11(9-10(12)2)17(13,14)15/h3,6-7,9H,1,4-5,8H2,2H3,(H2,13,14,15). The largest absolute Gasteiger partial charge is 0.493 e. The van der Waals surface area contributed by atoms with E-state index in [1.807, 2.05) is 6.08 Å². The predicted molar refractivity (Wildman–Crippen MR) is 67.5 cm³/mol. The maximum absolute atomic E-state index is 11.1. The van der Waals surface area contributed by atoms with Gasteiger partial charge in [0.1, 0.15) is 5.75 Å². The quantitative estimate of drug-likeness (QED) is 0.624.